The van der Waals surface area contributed by atoms with Gasteiger partial charge in [0, 0.05) is 19.3 Å². The fraction of sp³-hybridized carbons (Fsp3) is 0.500. The summed E-state index contributed by atoms with van der Waals surface area (Å²) in [6, 6.07) is 1.21. The number of hydrogen-bond donors (Lipinski definition) is 1. The summed E-state index contributed by atoms with van der Waals surface area (Å²) in [5, 5.41) is 0. The van der Waals surface area contributed by atoms with Gasteiger partial charge in [0.1, 0.15) is 5.82 Å². The van der Waals surface area contributed by atoms with Crippen molar-refractivity contribution in [3.63, 3.8) is 0 Å². The molecular weight excluding hydrogens is 221 g/mol. The minimum absolute atomic E-state index is 0.188. The van der Waals surface area contributed by atoms with Crippen molar-refractivity contribution < 1.29 is 9.18 Å². The Kier molecular flexibility index (Phi) is 5.56. The van der Waals surface area contributed by atoms with E-state index < -0.39 is 5.82 Å². The van der Waals surface area contributed by atoms with Crippen molar-refractivity contribution in [2.75, 3.05) is 19.6 Å². The molecule has 0 aliphatic rings. The zero-order chi connectivity index (χ0) is 12.7. The molecule has 0 fully saturated rings. The van der Waals surface area contributed by atoms with E-state index in [1.165, 1.54) is 12.3 Å². The molecule has 0 unspecified atom stereocenters. The lowest BCUT2D eigenvalue weighted by Crippen LogP contribution is -2.33. The molecule has 0 aliphatic carbocycles. The average Bonchev–Trinajstić information content (AvgIpc) is 2.33. The molecule has 4 nitrogen and oxygen atoms in total. The Bertz CT molecular complexity index is 371. The Morgan fingerprint density at radius 3 is 2.82 bits per heavy atom. The van der Waals surface area contributed by atoms with Gasteiger partial charge in [-0.25, -0.2) is 4.39 Å². The van der Waals surface area contributed by atoms with Crippen molar-refractivity contribution >= 4 is 5.91 Å². The predicted octanol–water partition coefficient (Wildman–Crippen LogP) is 1.42. The Hall–Kier alpha value is -1.49. The van der Waals surface area contributed by atoms with Crippen LogP contribution in [-0.2, 0) is 0 Å². The van der Waals surface area contributed by atoms with Crippen LogP contribution >= 0.6 is 0 Å². The molecule has 5 heteroatoms. The molecule has 0 saturated carbocycles. The number of rotatable bonds is 6. The summed E-state index contributed by atoms with van der Waals surface area (Å²) in [4.78, 5) is 17.4. The average molecular weight is 239 g/mol. The quantitative estimate of drug-likeness (QED) is 0.816. The fourth-order valence-corrected chi connectivity index (χ4v) is 1.58. The monoisotopic (exact) mass is 239 g/mol. The van der Waals surface area contributed by atoms with Crippen LogP contribution in [0.4, 0.5) is 4.39 Å². The molecule has 17 heavy (non-hydrogen) atoms. The molecule has 0 atom stereocenters. The summed E-state index contributed by atoms with van der Waals surface area (Å²) < 4.78 is 13.0. The van der Waals surface area contributed by atoms with Gasteiger partial charge in [-0.1, -0.05) is 6.92 Å². The minimum Gasteiger partial charge on any atom is -0.339 e. The van der Waals surface area contributed by atoms with E-state index in [1.807, 2.05) is 6.92 Å². The summed E-state index contributed by atoms with van der Waals surface area (Å²) in [7, 11) is 0. The summed E-state index contributed by atoms with van der Waals surface area (Å²) >= 11 is 0. The summed E-state index contributed by atoms with van der Waals surface area (Å²) in [5.41, 5.74) is 5.71. The van der Waals surface area contributed by atoms with Crippen molar-refractivity contribution in [2.24, 2.45) is 5.73 Å². The molecule has 1 heterocycles. The highest BCUT2D eigenvalue weighted by atomic mass is 19.1. The minimum atomic E-state index is -0.494. The lowest BCUT2D eigenvalue weighted by molar-refractivity contribution is 0.0753. The maximum atomic E-state index is 13.0. The summed E-state index contributed by atoms with van der Waals surface area (Å²) in [6.07, 6.45) is 4.07. The third-order valence-corrected chi connectivity index (χ3v) is 2.36. The van der Waals surface area contributed by atoms with Gasteiger partial charge in [-0.2, -0.15) is 0 Å². The second-order valence-corrected chi connectivity index (χ2v) is 3.83. The van der Waals surface area contributed by atoms with E-state index in [0.717, 1.165) is 19.0 Å². The number of nitrogens with two attached hydrogens (primary N) is 1. The smallest absolute Gasteiger partial charge is 0.255 e. The molecule has 0 spiro atoms. The molecule has 0 saturated heterocycles. The number of carbonyl (C=O) groups excluding carboxylic acids is 1. The van der Waals surface area contributed by atoms with Crippen LogP contribution in [0.25, 0.3) is 0 Å². The Morgan fingerprint density at radius 2 is 2.24 bits per heavy atom. The predicted molar refractivity (Wildman–Crippen MR) is 64.1 cm³/mol. The van der Waals surface area contributed by atoms with Crippen LogP contribution in [0.3, 0.4) is 0 Å². The molecule has 94 valence electrons. The third-order valence-electron chi connectivity index (χ3n) is 2.36. The van der Waals surface area contributed by atoms with Gasteiger partial charge in [0.2, 0.25) is 0 Å². The lowest BCUT2D eigenvalue weighted by atomic mass is 10.2. The van der Waals surface area contributed by atoms with Crippen LogP contribution in [0.2, 0.25) is 0 Å². The van der Waals surface area contributed by atoms with Crippen LogP contribution in [0.1, 0.15) is 30.1 Å². The summed E-state index contributed by atoms with van der Waals surface area (Å²) in [5.74, 6) is -0.682. The van der Waals surface area contributed by atoms with E-state index in [-0.39, 0.29) is 11.5 Å². The van der Waals surface area contributed by atoms with E-state index in [2.05, 4.69) is 4.98 Å². The van der Waals surface area contributed by atoms with Crippen molar-refractivity contribution in [1.82, 2.24) is 9.88 Å². The Balaban J connectivity index is 2.76. The SMILES string of the molecule is CCCN(CCCN)C(=O)c1cncc(F)c1. The lowest BCUT2D eigenvalue weighted by Gasteiger charge is -2.21. The molecule has 0 aliphatic heterocycles. The molecule has 1 aromatic rings. The van der Waals surface area contributed by atoms with E-state index in [4.69, 9.17) is 5.73 Å². The topological polar surface area (TPSA) is 59.2 Å². The van der Waals surface area contributed by atoms with Crippen LogP contribution < -0.4 is 5.73 Å². The van der Waals surface area contributed by atoms with Crippen LogP contribution in [0.5, 0.6) is 0 Å². The number of carbonyl (C=O) groups is 1. The number of halogens is 1. The van der Waals surface area contributed by atoms with Crippen molar-refractivity contribution in [3.8, 4) is 0 Å². The standard InChI is InChI=1S/C12H18FN3O/c1-2-5-16(6-3-4-14)12(17)10-7-11(13)9-15-8-10/h7-9H,2-6,14H2,1H3. The first-order chi connectivity index (χ1) is 8.19. The Morgan fingerprint density at radius 1 is 1.47 bits per heavy atom. The number of hydrogen-bond acceptors (Lipinski definition) is 3. The van der Waals surface area contributed by atoms with Gasteiger partial charge in [0.05, 0.1) is 11.8 Å². The highest BCUT2D eigenvalue weighted by Gasteiger charge is 2.15. The normalized spacial score (nSPS) is 10.3. The molecule has 1 rings (SSSR count). The molecule has 2 N–H and O–H groups in total. The molecule has 1 amide bonds. The van der Waals surface area contributed by atoms with Gasteiger partial charge >= 0.3 is 0 Å². The second-order valence-electron chi connectivity index (χ2n) is 3.83. The van der Waals surface area contributed by atoms with Crippen molar-refractivity contribution in [2.45, 2.75) is 19.8 Å². The van der Waals surface area contributed by atoms with E-state index in [1.54, 1.807) is 4.90 Å². The van der Waals surface area contributed by atoms with E-state index >= 15 is 0 Å². The zero-order valence-corrected chi connectivity index (χ0v) is 10.0. The van der Waals surface area contributed by atoms with Crippen LogP contribution in [-0.4, -0.2) is 35.4 Å². The molecule has 0 radical (unpaired) electrons. The van der Waals surface area contributed by atoms with Gasteiger partial charge in [-0.15, -0.1) is 0 Å². The number of pyridine rings is 1. The zero-order valence-electron chi connectivity index (χ0n) is 10.0. The number of amides is 1. The third kappa shape index (κ3) is 4.11. The first-order valence-electron chi connectivity index (χ1n) is 5.79. The van der Waals surface area contributed by atoms with Gasteiger partial charge in [-0.05, 0) is 25.5 Å². The Labute approximate surface area is 101 Å². The molecule has 0 aromatic carbocycles. The van der Waals surface area contributed by atoms with Crippen molar-refractivity contribution in [1.29, 1.82) is 0 Å². The maximum Gasteiger partial charge on any atom is 0.255 e. The van der Waals surface area contributed by atoms with Gasteiger partial charge in [0.25, 0.3) is 5.91 Å². The molecule has 1 aromatic heterocycles. The highest BCUT2D eigenvalue weighted by Crippen LogP contribution is 2.07. The van der Waals surface area contributed by atoms with Gasteiger partial charge in [-0.3, -0.25) is 9.78 Å². The van der Waals surface area contributed by atoms with E-state index in [0.29, 0.717) is 19.6 Å². The first-order valence-corrected chi connectivity index (χ1v) is 5.79. The second kappa shape index (κ2) is 6.96. The van der Waals surface area contributed by atoms with Crippen LogP contribution in [0, 0.1) is 5.82 Å². The first kappa shape index (κ1) is 13.6. The molecular formula is C12H18FN3O. The number of aromatic nitrogens is 1. The van der Waals surface area contributed by atoms with Crippen molar-refractivity contribution in [3.05, 3.63) is 29.8 Å². The van der Waals surface area contributed by atoms with Gasteiger partial charge in [0.15, 0.2) is 0 Å². The number of nitrogens with zero attached hydrogens (tertiary/aromatic N) is 2. The van der Waals surface area contributed by atoms with Crippen LogP contribution in [0.15, 0.2) is 18.5 Å². The van der Waals surface area contributed by atoms with E-state index in [9.17, 15) is 9.18 Å². The van der Waals surface area contributed by atoms with Gasteiger partial charge < -0.3 is 10.6 Å². The summed E-state index contributed by atoms with van der Waals surface area (Å²) in [6.45, 7) is 3.77. The molecule has 0 bridgehead atoms. The largest absolute Gasteiger partial charge is 0.339 e. The highest BCUT2D eigenvalue weighted by molar-refractivity contribution is 5.93. The maximum absolute atomic E-state index is 13.0. The fourth-order valence-electron chi connectivity index (χ4n) is 1.58.